The van der Waals surface area contributed by atoms with Crippen LogP contribution in [-0.4, -0.2) is 54.4 Å². The van der Waals surface area contributed by atoms with Crippen LogP contribution >= 0.6 is 0 Å². The molecule has 1 fully saturated rings. The summed E-state index contributed by atoms with van der Waals surface area (Å²) in [6.07, 6.45) is 1.60. The van der Waals surface area contributed by atoms with E-state index in [4.69, 9.17) is 0 Å². The second-order valence-electron chi connectivity index (χ2n) is 7.84. The quantitative estimate of drug-likeness (QED) is 0.698. The first-order chi connectivity index (χ1) is 14.3. The van der Waals surface area contributed by atoms with E-state index in [2.05, 4.69) is 9.97 Å². The van der Waals surface area contributed by atoms with E-state index >= 15 is 0 Å². The van der Waals surface area contributed by atoms with Crippen LogP contribution in [0.15, 0.2) is 30.3 Å². The van der Waals surface area contributed by atoms with Crippen molar-refractivity contribution < 1.29 is 14.0 Å². The lowest BCUT2D eigenvalue weighted by Gasteiger charge is -2.20. The number of hydrogen-bond donors (Lipinski definition) is 0. The van der Waals surface area contributed by atoms with Gasteiger partial charge in [0, 0.05) is 58.2 Å². The summed E-state index contributed by atoms with van der Waals surface area (Å²) < 4.78 is 13.2. The van der Waals surface area contributed by atoms with Gasteiger partial charge < -0.3 is 14.7 Å². The molecule has 1 atom stereocenters. The molecule has 30 heavy (non-hydrogen) atoms. The highest BCUT2D eigenvalue weighted by Crippen LogP contribution is 2.32. The van der Waals surface area contributed by atoms with E-state index in [1.54, 1.807) is 29.0 Å². The molecule has 1 aliphatic heterocycles. The molecule has 1 saturated heterocycles. The van der Waals surface area contributed by atoms with Crippen LogP contribution in [0.1, 0.15) is 43.6 Å². The molecule has 0 spiro atoms. The van der Waals surface area contributed by atoms with Crippen LogP contribution < -0.4 is 9.80 Å². The van der Waals surface area contributed by atoms with Crippen molar-refractivity contribution >= 4 is 23.3 Å². The van der Waals surface area contributed by atoms with Crippen molar-refractivity contribution in [3.63, 3.8) is 0 Å². The lowest BCUT2D eigenvalue weighted by Crippen LogP contribution is -2.27. The first-order valence-electron chi connectivity index (χ1n) is 10.1. The van der Waals surface area contributed by atoms with Gasteiger partial charge in [-0.25, -0.2) is 14.4 Å². The summed E-state index contributed by atoms with van der Waals surface area (Å²) in [5, 5.41) is 0. The molecule has 2 amide bonds. The minimum Gasteiger partial charge on any atom is -0.363 e. The second-order valence-corrected chi connectivity index (χ2v) is 7.84. The Labute approximate surface area is 176 Å². The van der Waals surface area contributed by atoms with Gasteiger partial charge in [-0.1, -0.05) is 6.92 Å². The number of rotatable bonds is 7. The van der Waals surface area contributed by atoms with E-state index in [9.17, 15) is 14.0 Å². The van der Waals surface area contributed by atoms with Crippen molar-refractivity contribution in [3.05, 3.63) is 47.7 Å². The summed E-state index contributed by atoms with van der Waals surface area (Å²) in [4.78, 5) is 39.2. The normalized spacial score (nSPS) is 16.1. The molecule has 0 aliphatic carbocycles. The van der Waals surface area contributed by atoms with Crippen LogP contribution in [0.5, 0.6) is 0 Å². The van der Waals surface area contributed by atoms with Crippen LogP contribution in [-0.2, 0) is 16.1 Å². The van der Waals surface area contributed by atoms with E-state index in [1.807, 2.05) is 32.0 Å². The van der Waals surface area contributed by atoms with Crippen molar-refractivity contribution in [2.24, 2.45) is 0 Å². The molecule has 0 radical (unpaired) electrons. The number of carbonyl (C=O) groups excluding carboxylic acids is 2. The number of halogens is 1. The van der Waals surface area contributed by atoms with Crippen LogP contribution in [0.25, 0.3) is 0 Å². The van der Waals surface area contributed by atoms with Gasteiger partial charge >= 0.3 is 0 Å². The molecular weight excluding hydrogens is 385 g/mol. The zero-order chi connectivity index (χ0) is 21.8. The summed E-state index contributed by atoms with van der Waals surface area (Å²) in [6.45, 7) is 2.76. The number of carbonyl (C=O) groups is 2. The maximum absolute atomic E-state index is 13.2. The van der Waals surface area contributed by atoms with Gasteiger partial charge in [-0.3, -0.25) is 9.59 Å². The van der Waals surface area contributed by atoms with Gasteiger partial charge in [-0.2, -0.15) is 0 Å². The average Bonchev–Trinajstić information content (AvgIpc) is 3.10. The van der Waals surface area contributed by atoms with Crippen LogP contribution in [0.4, 0.5) is 15.9 Å². The summed E-state index contributed by atoms with van der Waals surface area (Å²) in [7, 11) is 5.54. The first-order valence-corrected chi connectivity index (χ1v) is 10.1. The molecule has 1 aromatic heterocycles. The smallest absolute Gasteiger partial charge is 0.227 e. The van der Waals surface area contributed by atoms with Gasteiger partial charge in [-0.15, -0.1) is 0 Å². The number of amides is 2. The third-order valence-electron chi connectivity index (χ3n) is 5.19. The molecule has 2 aromatic rings. The molecule has 0 saturated carbocycles. The van der Waals surface area contributed by atoms with Crippen molar-refractivity contribution in [1.29, 1.82) is 0 Å². The van der Waals surface area contributed by atoms with E-state index in [0.717, 1.165) is 17.9 Å². The van der Waals surface area contributed by atoms with E-state index < -0.39 is 0 Å². The Morgan fingerprint density at radius 3 is 2.53 bits per heavy atom. The maximum Gasteiger partial charge on any atom is 0.227 e. The third-order valence-corrected chi connectivity index (χ3v) is 5.19. The number of nitrogens with zero attached hydrogens (tertiary/aromatic N) is 5. The van der Waals surface area contributed by atoms with Gasteiger partial charge in [0.2, 0.25) is 11.8 Å². The lowest BCUT2D eigenvalue weighted by atomic mass is 10.0. The van der Waals surface area contributed by atoms with Crippen molar-refractivity contribution in [3.8, 4) is 0 Å². The van der Waals surface area contributed by atoms with E-state index in [1.165, 1.54) is 12.1 Å². The molecule has 0 bridgehead atoms. The summed E-state index contributed by atoms with van der Waals surface area (Å²) >= 11 is 0. The molecule has 2 heterocycles. The third kappa shape index (κ3) is 4.93. The van der Waals surface area contributed by atoms with Crippen molar-refractivity contribution in [2.75, 3.05) is 37.5 Å². The summed E-state index contributed by atoms with van der Waals surface area (Å²) in [6, 6.07) is 7.82. The SMILES string of the molecule is CCCC(=O)N(C)Cc1nc(C2CC(=O)N(c3ccc(F)cc3)C2)cc(N(C)C)n1. The molecular formula is C22H28FN5O2. The zero-order valence-electron chi connectivity index (χ0n) is 17.9. The highest BCUT2D eigenvalue weighted by Gasteiger charge is 2.33. The minimum absolute atomic E-state index is 0.0200. The molecule has 8 heteroatoms. The van der Waals surface area contributed by atoms with Gasteiger partial charge in [0.25, 0.3) is 0 Å². The average molecular weight is 413 g/mol. The van der Waals surface area contributed by atoms with Crippen LogP contribution in [0.3, 0.4) is 0 Å². The largest absolute Gasteiger partial charge is 0.363 e. The predicted octanol–water partition coefficient (Wildman–Crippen LogP) is 2.96. The van der Waals surface area contributed by atoms with E-state index in [0.29, 0.717) is 37.4 Å². The van der Waals surface area contributed by atoms with Gasteiger partial charge in [0.05, 0.1) is 12.2 Å². The number of hydrogen-bond acceptors (Lipinski definition) is 5. The Bertz CT molecular complexity index is 916. The Balaban J connectivity index is 1.84. The molecule has 0 N–H and O–H groups in total. The van der Waals surface area contributed by atoms with Gasteiger partial charge in [0.1, 0.15) is 17.5 Å². The Morgan fingerprint density at radius 1 is 1.20 bits per heavy atom. The number of anilines is 2. The van der Waals surface area contributed by atoms with Crippen molar-refractivity contribution in [2.45, 2.75) is 38.6 Å². The highest BCUT2D eigenvalue weighted by atomic mass is 19.1. The summed E-state index contributed by atoms with van der Waals surface area (Å²) in [5.74, 6) is 0.888. The maximum atomic E-state index is 13.2. The Hall–Kier alpha value is -3.03. The fourth-order valence-corrected chi connectivity index (χ4v) is 3.49. The zero-order valence-corrected chi connectivity index (χ0v) is 17.9. The van der Waals surface area contributed by atoms with Gasteiger partial charge in [0.15, 0.2) is 0 Å². The molecule has 3 rings (SSSR count). The van der Waals surface area contributed by atoms with Crippen LogP contribution in [0, 0.1) is 5.82 Å². The van der Waals surface area contributed by atoms with Crippen molar-refractivity contribution in [1.82, 2.24) is 14.9 Å². The molecule has 160 valence electrons. The molecule has 1 unspecified atom stereocenters. The monoisotopic (exact) mass is 413 g/mol. The topological polar surface area (TPSA) is 69.6 Å². The van der Waals surface area contributed by atoms with Crippen LogP contribution in [0.2, 0.25) is 0 Å². The second kappa shape index (κ2) is 9.19. The fraction of sp³-hybridized carbons (Fsp3) is 0.455. The standard InChI is InChI=1S/C22H28FN5O2/c1-5-6-21(29)27(4)14-19-24-18(12-20(25-19)26(2)3)15-11-22(30)28(13-15)17-9-7-16(23)8-10-17/h7-10,12,15H,5-6,11,13-14H2,1-4H3. The molecule has 1 aliphatic rings. The Kier molecular flexibility index (Phi) is 6.64. The number of benzene rings is 1. The predicted molar refractivity (Wildman–Crippen MR) is 114 cm³/mol. The minimum atomic E-state index is -0.334. The summed E-state index contributed by atoms with van der Waals surface area (Å²) in [5.41, 5.74) is 1.45. The Morgan fingerprint density at radius 2 is 1.90 bits per heavy atom. The number of aromatic nitrogens is 2. The first kappa shape index (κ1) is 21.7. The lowest BCUT2D eigenvalue weighted by molar-refractivity contribution is -0.130. The molecule has 1 aromatic carbocycles. The molecule has 7 nitrogen and oxygen atoms in total. The fourth-order valence-electron chi connectivity index (χ4n) is 3.49. The van der Waals surface area contributed by atoms with Gasteiger partial charge in [-0.05, 0) is 30.7 Å². The highest BCUT2D eigenvalue weighted by molar-refractivity contribution is 5.96. The van der Waals surface area contributed by atoms with E-state index in [-0.39, 0.29) is 23.5 Å².